The highest BCUT2D eigenvalue weighted by molar-refractivity contribution is 8.68. The Labute approximate surface area is 234 Å². The van der Waals surface area contributed by atoms with Gasteiger partial charge >= 0.3 is 18.7 Å². The lowest BCUT2D eigenvalue weighted by atomic mass is 10.2. The summed E-state index contributed by atoms with van der Waals surface area (Å²) in [5.41, 5.74) is -1.54. The third-order valence-corrected chi connectivity index (χ3v) is 13.7. The number of hydrogen-bond acceptors (Lipinski definition) is 12. The molecule has 0 N–H and O–H groups in total. The highest BCUT2D eigenvalue weighted by atomic mass is 32.9. The number of esters is 2. The van der Waals surface area contributed by atoms with Crippen LogP contribution in [0.2, 0.25) is 0 Å². The minimum atomic E-state index is -3.08. The monoisotopic (exact) mass is 618 g/mol. The van der Waals surface area contributed by atoms with Crippen LogP contribution < -0.4 is 0 Å². The van der Waals surface area contributed by atoms with Crippen LogP contribution in [0.3, 0.4) is 0 Å². The van der Waals surface area contributed by atoms with E-state index in [0.29, 0.717) is 5.75 Å². The van der Waals surface area contributed by atoms with Crippen molar-refractivity contribution >= 4 is 59.0 Å². The third-order valence-electron chi connectivity index (χ3n) is 3.82. The van der Waals surface area contributed by atoms with Crippen molar-refractivity contribution in [3.05, 3.63) is 35.9 Å². The Balaban J connectivity index is 0.000000701. The van der Waals surface area contributed by atoms with E-state index in [0.717, 1.165) is 16.9 Å². The van der Waals surface area contributed by atoms with E-state index >= 15 is 0 Å². The first kappa shape index (κ1) is 36.6. The average Bonchev–Trinajstić information content (AvgIpc) is 2.82. The van der Waals surface area contributed by atoms with E-state index in [9.17, 15) is 14.2 Å². The van der Waals surface area contributed by atoms with Crippen LogP contribution in [-0.4, -0.2) is 56.8 Å². The molecule has 0 spiro atoms. The van der Waals surface area contributed by atoms with Gasteiger partial charge in [-0.3, -0.25) is 18.6 Å². The minimum absolute atomic E-state index is 0.113. The van der Waals surface area contributed by atoms with Crippen LogP contribution in [0.1, 0.15) is 53.5 Å². The molecule has 1 aromatic carbocycles. The molecule has 37 heavy (non-hydrogen) atoms. The van der Waals surface area contributed by atoms with E-state index in [2.05, 4.69) is 0 Å². The number of carbonyl (C=O) groups excluding carboxylic acids is 2. The number of rotatable bonds is 16. The van der Waals surface area contributed by atoms with Gasteiger partial charge in [0.05, 0.1) is 31.8 Å². The first-order valence-corrected chi connectivity index (χ1v) is 19.0. The molecular weight excluding hydrogens is 578 g/mol. The van der Waals surface area contributed by atoms with Gasteiger partial charge in [-0.1, -0.05) is 41.7 Å². The van der Waals surface area contributed by atoms with Gasteiger partial charge in [0.15, 0.2) is 0 Å². The Kier molecular flexibility index (Phi) is 19.4. The van der Waals surface area contributed by atoms with Gasteiger partial charge in [-0.2, -0.15) is 0 Å². The molecule has 0 aliphatic rings. The Morgan fingerprint density at radius 3 is 1.86 bits per heavy atom. The molecule has 14 heteroatoms. The summed E-state index contributed by atoms with van der Waals surface area (Å²) in [4.78, 5) is 23.3. The van der Waals surface area contributed by atoms with Crippen LogP contribution in [0.15, 0.2) is 30.3 Å². The van der Waals surface area contributed by atoms with Gasteiger partial charge in [0.2, 0.25) is 5.69 Å². The van der Waals surface area contributed by atoms with Gasteiger partial charge in [-0.15, -0.1) is 0 Å². The third kappa shape index (κ3) is 17.0. The molecule has 0 radical (unpaired) electrons. The summed E-state index contributed by atoms with van der Waals surface area (Å²) in [7, 11) is 2.81. The molecule has 1 rings (SSSR count). The molecule has 1 aromatic rings. The Morgan fingerprint density at radius 2 is 1.43 bits per heavy atom. The second-order valence-electron chi connectivity index (χ2n) is 7.68. The lowest BCUT2D eigenvalue weighted by molar-refractivity contribution is -0.149. The summed E-state index contributed by atoms with van der Waals surface area (Å²) < 4.78 is 43.4. The first-order valence-electron chi connectivity index (χ1n) is 11.7. The lowest BCUT2D eigenvalue weighted by Crippen LogP contribution is -2.24. The minimum Gasteiger partial charge on any atom is -0.466 e. The number of ether oxygens (including phenoxy) is 2. The fraction of sp³-hybridized carbons (Fsp3) is 0.652. The highest BCUT2D eigenvalue weighted by Crippen LogP contribution is 2.63. The number of hydrogen-bond donors (Lipinski definition) is 0. The molecule has 0 heterocycles. The van der Waals surface area contributed by atoms with Gasteiger partial charge < -0.3 is 18.5 Å². The summed E-state index contributed by atoms with van der Waals surface area (Å²) in [5.74, 6) is -0.386. The summed E-state index contributed by atoms with van der Waals surface area (Å²) in [5, 5.41) is -0.787. The van der Waals surface area contributed by atoms with Crippen molar-refractivity contribution in [3.8, 4) is 0 Å². The standard InChI is InChI=1S/C13H21O3PS.C10H19O6PS2/c1-11(2)15-17(14,16-12(3)4)18-10-13-8-6-5-7-9-13;1-5-15-9(11)7-8(10(12)16-6-2)19-17(18,13-3)14-4/h5-9,11-12H,10H2,1-4H3;8H,5-7H2,1-4H3. The molecule has 0 bridgehead atoms. The molecule has 1 unspecified atom stereocenters. The Bertz CT molecular complexity index is 863. The van der Waals surface area contributed by atoms with Crippen molar-refractivity contribution in [2.75, 3.05) is 27.4 Å². The van der Waals surface area contributed by atoms with Crippen molar-refractivity contribution in [2.45, 2.75) is 71.2 Å². The second-order valence-corrected chi connectivity index (χ2v) is 18.3. The smallest absolute Gasteiger partial charge is 0.389 e. The van der Waals surface area contributed by atoms with Crippen molar-refractivity contribution in [1.29, 1.82) is 0 Å². The van der Waals surface area contributed by atoms with Crippen LogP contribution >= 0.6 is 35.3 Å². The lowest BCUT2D eigenvalue weighted by Gasteiger charge is -2.21. The van der Waals surface area contributed by atoms with Gasteiger partial charge in [0.1, 0.15) is 5.25 Å². The molecule has 0 fully saturated rings. The molecule has 0 amide bonds. The molecular formula is C23H40O9P2S3. The van der Waals surface area contributed by atoms with Crippen molar-refractivity contribution in [1.82, 2.24) is 0 Å². The van der Waals surface area contributed by atoms with Crippen LogP contribution in [-0.2, 0) is 59.3 Å². The Morgan fingerprint density at radius 1 is 0.919 bits per heavy atom. The van der Waals surface area contributed by atoms with Gasteiger partial charge in [0, 0.05) is 20.0 Å². The molecule has 9 nitrogen and oxygen atoms in total. The first-order chi connectivity index (χ1) is 17.3. The van der Waals surface area contributed by atoms with Crippen LogP contribution in [0.25, 0.3) is 0 Å². The maximum Gasteiger partial charge on any atom is 0.389 e. The molecule has 0 aliphatic heterocycles. The largest absolute Gasteiger partial charge is 0.466 e. The normalized spacial score (nSPS) is 12.6. The highest BCUT2D eigenvalue weighted by Gasteiger charge is 2.32. The fourth-order valence-corrected chi connectivity index (χ4v) is 10.3. The van der Waals surface area contributed by atoms with E-state index in [4.69, 9.17) is 39.4 Å². The van der Waals surface area contributed by atoms with Gasteiger partial charge in [0.25, 0.3) is 0 Å². The Hall–Kier alpha value is -0.420. The zero-order valence-corrected chi connectivity index (χ0v) is 27.0. The zero-order valence-electron chi connectivity index (χ0n) is 22.7. The van der Waals surface area contributed by atoms with E-state index in [1.54, 1.807) is 13.8 Å². The van der Waals surface area contributed by atoms with E-state index in [1.807, 2.05) is 58.0 Å². The molecule has 0 aliphatic carbocycles. The SMILES string of the molecule is CC(C)OP(=O)(OC(C)C)SCc1ccccc1.CCOC(=O)CC(SP(=S)(OC)OC)C(=O)OCC. The number of benzene rings is 1. The van der Waals surface area contributed by atoms with Crippen LogP contribution in [0.5, 0.6) is 0 Å². The van der Waals surface area contributed by atoms with E-state index in [1.165, 1.54) is 25.6 Å². The second kappa shape index (κ2) is 19.6. The van der Waals surface area contributed by atoms with Crippen LogP contribution in [0.4, 0.5) is 0 Å². The molecule has 0 aromatic heterocycles. The van der Waals surface area contributed by atoms with E-state index < -0.39 is 29.7 Å². The van der Waals surface area contributed by atoms with Crippen molar-refractivity contribution < 1.29 is 41.7 Å². The number of carbonyl (C=O) groups is 2. The molecule has 0 saturated carbocycles. The van der Waals surface area contributed by atoms with Crippen LogP contribution in [0, 0.1) is 0 Å². The maximum atomic E-state index is 12.5. The summed E-state index contributed by atoms with van der Waals surface area (Å²) in [6, 6.07) is 9.90. The molecule has 0 saturated heterocycles. The van der Waals surface area contributed by atoms with Gasteiger partial charge in [-0.25, -0.2) is 4.57 Å². The predicted octanol–water partition coefficient (Wildman–Crippen LogP) is 7.00. The summed E-state index contributed by atoms with van der Waals surface area (Å²) in [6.45, 7) is 8.22. The van der Waals surface area contributed by atoms with Crippen molar-refractivity contribution in [2.24, 2.45) is 0 Å². The molecule has 214 valence electrons. The fourth-order valence-electron chi connectivity index (χ4n) is 2.42. The topological polar surface area (TPSA) is 107 Å². The zero-order chi connectivity index (χ0) is 28.5. The predicted molar refractivity (Wildman–Crippen MR) is 155 cm³/mol. The van der Waals surface area contributed by atoms with E-state index in [-0.39, 0.29) is 31.8 Å². The quantitative estimate of drug-likeness (QED) is 0.141. The van der Waals surface area contributed by atoms with Gasteiger partial charge in [-0.05, 0) is 70.3 Å². The summed E-state index contributed by atoms with van der Waals surface area (Å²) in [6.07, 6.45) is -0.349. The van der Waals surface area contributed by atoms with Crippen molar-refractivity contribution in [3.63, 3.8) is 0 Å². The molecule has 1 atom stereocenters. The average molecular weight is 619 g/mol. The summed E-state index contributed by atoms with van der Waals surface area (Å²) >= 11 is 7.42. The maximum absolute atomic E-state index is 12.5.